The van der Waals surface area contributed by atoms with Gasteiger partial charge >= 0.3 is 0 Å². The maximum Gasteiger partial charge on any atom is 0.229 e. The van der Waals surface area contributed by atoms with Gasteiger partial charge in [-0.1, -0.05) is 19.3 Å². The molecule has 0 bridgehead atoms. The van der Waals surface area contributed by atoms with E-state index < -0.39 is 0 Å². The van der Waals surface area contributed by atoms with Crippen molar-refractivity contribution in [3.63, 3.8) is 0 Å². The number of H-pyrrole nitrogens is 1. The number of nitrogens with one attached hydrogen (secondary N) is 2. The number of amides is 1. The van der Waals surface area contributed by atoms with Crippen molar-refractivity contribution in [1.29, 1.82) is 0 Å². The first kappa shape index (κ1) is 13.2. The third kappa shape index (κ3) is 2.70. The predicted molar refractivity (Wildman–Crippen MR) is 81.5 cm³/mol. The molecule has 20 heavy (non-hydrogen) atoms. The molecule has 4 N–H and O–H groups in total. The Labute approximate surface area is 118 Å². The van der Waals surface area contributed by atoms with Crippen LogP contribution >= 0.6 is 0 Å². The molecule has 1 heterocycles. The highest BCUT2D eigenvalue weighted by molar-refractivity contribution is 5.95. The van der Waals surface area contributed by atoms with Crippen LogP contribution in [0, 0.1) is 5.92 Å². The van der Waals surface area contributed by atoms with Crippen LogP contribution in [0.4, 0.5) is 5.69 Å². The third-order valence-corrected chi connectivity index (χ3v) is 4.23. The molecule has 0 saturated heterocycles. The molecule has 2 unspecified atom stereocenters. The highest BCUT2D eigenvalue weighted by atomic mass is 16.1. The number of carbonyl (C=O) groups is 1. The zero-order chi connectivity index (χ0) is 13.9. The van der Waals surface area contributed by atoms with Crippen molar-refractivity contribution < 1.29 is 4.79 Å². The first-order valence-electron chi connectivity index (χ1n) is 7.37. The fourth-order valence-electron chi connectivity index (χ4n) is 3.03. The SMILES string of the molecule is NC1CCCCCC1C(=O)Nc1ccc2[nH]ccc2c1. The Balaban J connectivity index is 1.73. The van der Waals surface area contributed by atoms with Crippen molar-refractivity contribution in [2.75, 3.05) is 5.32 Å². The van der Waals surface area contributed by atoms with Crippen LogP contribution in [0.2, 0.25) is 0 Å². The molecule has 106 valence electrons. The van der Waals surface area contributed by atoms with Crippen LogP contribution in [0.25, 0.3) is 10.9 Å². The molecule has 1 aliphatic rings. The van der Waals surface area contributed by atoms with Crippen LogP contribution in [-0.2, 0) is 4.79 Å². The molecular weight excluding hydrogens is 250 g/mol. The lowest BCUT2D eigenvalue weighted by molar-refractivity contribution is -0.120. The van der Waals surface area contributed by atoms with Gasteiger partial charge in [0.2, 0.25) is 5.91 Å². The maximum absolute atomic E-state index is 12.4. The van der Waals surface area contributed by atoms with Gasteiger partial charge in [0.05, 0.1) is 5.92 Å². The summed E-state index contributed by atoms with van der Waals surface area (Å²) in [6.45, 7) is 0. The Morgan fingerprint density at radius 3 is 2.95 bits per heavy atom. The van der Waals surface area contributed by atoms with Gasteiger partial charge in [0.15, 0.2) is 0 Å². The molecular formula is C16H21N3O. The minimum Gasteiger partial charge on any atom is -0.361 e. The Morgan fingerprint density at radius 2 is 2.05 bits per heavy atom. The van der Waals surface area contributed by atoms with Gasteiger partial charge in [0, 0.05) is 28.8 Å². The number of carbonyl (C=O) groups excluding carboxylic acids is 1. The lowest BCUT2D eigenvalue weighted by Gasteiger charge is -2.20. The number of hydrogen-bond acceptors (Lipinski definition) is 2. The van der Waals surface area contributed by atoms with Gasteiger partial charge in [-0.15, -0.1) is 0 Å². The molecule has 1 saturated carbocycles. The van der Waals surface area contributed by atoms with E-state index in [2.05, 4.69) is 10.3 Å². The summed E-state index contributed by atoms with van der Waals surface area (Å²) in [6.07, 6.45) is 7.18. The molecule has 1 aromatic heterocycles. The van der Waals surface area contributed by atoms with Gasteiger partial charge < -0.3 is 16.0 Å². The monoisotopic (exact) mass is 271 g/mol. The normalized spacial score (nSPS) is 23.4. The van der Waals surface area contributed by atoms with Crippen LogP contribution in [-0.4, -0.2) is 16.9 Å². The zero-order valence-electron chi connectivity index (χ0n) is 11.6. The maximum atomic E-state index is 12.4. The summed E-state index contributed by atoms with van der Waals surface area (Å²) in [5.74, 6) is 0.00806. The fourth-order valence-corrected chi connectivity index (χ4v) is 3.03. The Bertz CT molecular complexity index is 605. The van der Waals surface area contributed by atoms with Gasteiger partial charge in [-0.2, -0.15) is 0 Å². The number of anilines is 1. The molecule has 1 aliphatic carbocycles. The molecule has 4 heteroatoms. The van der Waals surface area contributed by atoms with Gasteiger partial charge in [-0.05, 0) is 37.1 Å². The fraction of sp³-hybridized carbons (Fsp3) is 0.438. The smallest absolute Gasteiger partial charge is 0.229 e. The average molecular weight is 271 g/mol. The number of hydrogen-bond donors (Lipinski definition) is 3. The summed E-state index contributed by atoms with van der Waals surface area (Å²) in [7, 11) is 0. The lowest BCUT2D eigenvalue weighted by Crippen LogP contribution is -2.37. The zero-order valence-corrected chi connectivity index (χ0v) is 11.6. The molecule has 1 fully saturated rings. The third-order valence-electron chi connectivity index (χ3n) is 4.23. The molecule has 0 radical (unpaired) electrons. The highest BCUT2D eigenvalue weighted by Crippen LogP contribution is 2.24. The van der Waals surface area contributed by atoms with Gasteiger partial charge in [0.25, 0.3) is 0 Å². The first-order valence-corrected chi connectivity index (χ1v) is 7.37. The number of nitrogens with two attached hydrogens (primary N) is 1. The quantitative estimate of drug-likeness (QED) is 0.735. The van der Waals surface area contributed by atoms with Crippen LogP contribution < -0.4 is 11.1 Å². The standard InChI is InChI=1S/C16H21N3O/c17-14-5-3-1-2-4-13(14)16(20)19-12-6-7-15-11(10-12)8-9-18-15/h6-10,13-14,18H,1-5,17H2,(H,19,20). The molecule has 0 aliphatic heterocycles. The second kappa shape index (κ2) is 5.67. The van der Waals surface area contributed by atoms with E-state index in [0.29, 0.717) is 0 Å². The van der Waals surface area contributed by atoms with Crippen LogP contribution in [0.5, 0.6) is 0 Å². The van der Waals surface area contributed by atoms with E-state index in [4.69, 9.17) is 5.73 Å². The summed E-state index contributed by atoms with van der Waals surface area (Å²) in [5.41, 5.74) is 8.07. The summed E-state index contributed by atoms with van der Waals surface area (Å²) < 4.78 is 0. The molecule has 2 aromatic rings. The molecule has 1 amide bonds. The Hall–Kier alpha value is -1.81. The van der Waals surface area contributed by atoms with E-state index in [9.17, 15) is 4.79 Å². The van der Waals surface area contributed by atoms with Crippen molar-refractivity contribution in [2.24, 2.45) is 11.7 Å². The van der Waals surface area contributed by atoms with E-state index in [1.807, 2.05) is 30.5 Å². The summed E-state index contributed by atoms with van der Waals surface area (Å²) in [6, 6.07) is 7.90. The summed E-state index contributed by atoms with van der Waals surface area (Å²) in [4.78, 5) is 15.6. The second-order valence-electron chi connectivity index (χ2n) is 5.68. The Kier molecular flexibility index (Phi) is 3.74. The lowest BCUT2D eigenvalue weighted by atomic mass is 9.94. The van der Waals surface area contributed by atoms with E-state index in [1.54, 1.807) is 0 Å². The molecule has 4 nitrogen and oxygen atoms in total. The van der Waals surface area contributed by atoms with Crippen LogP contribution in [0.1, 0.15) is 32.1 Å². The minimum absolute atomic E-state index is 0.00603. The number of aromatic amines is 1. The van der Waals surface area contributed by atoms with Crippen molar-refractivity contribution >= 4 is 22.5 Å². The Morgan fingerprint density at radius 1 is 1.20 bits per heavy atom. The average Bonchev–Trinajstić information content (AvgIpc) is 2.79. The van der Waals surface area contributed by atoms with Crippen LogP contribution in [0.3, 0.4) is 0 Å². The largest absolute Gasteiger partial charge is 0.361 e. The van der Waals surface area contributed by atoms with Crippen LogP contribution in [0.15, 0.2) is 30.5 Å². The van der Waals surface area contributed by atoms with Crippen molar-refractivity contribution in [1.82, 2.24) is 4.98 Å². The molecule has 3 rings (SSSR count). The van der Waals surface area contributed by atoms with E-state index >= 15 is 0 Å². The minimum atomic E-state index is -0.0561. The number of aromatic nitrogens is 1. The van der Waals surface area contributed by atoms with Crippen molar-refractivity contribution in [3.8, 4) is 0 Å². The second-order valence-corrected chi connectivity index (χ2v) is 5.68. The predicted octanol–water partition coefficient (Wildman–Crippen LogP) is 3.01. The van der Waals surface area contributed by atoms with Gasteiger partial charge in [-0.25, -0.2) is 0 Å². The van der Waals surface area contributed by atoms with E-state index in [-0.39, 0.29) is 17.9 Å². The summed E-state index contributed by atoms with van der Waals surface area (Å²) in [5, 5.41) is 4.12. The first-order chi connectivity index (χ1) is 9.74. The summed E-state index contributed by atoms with van der Waals surface area (Å²) >= 11 is 0. The number of benzene rings is 1. The van der Waals surface area contributed by atoms with E-state index in [1.165, 1.54) is 6.42 Å². The molecule has 0 spiro atoms. The van der Waals surface area contributed by atoms with Gasteiger partial charge in [0.1, 0.15) is 0 Å². The molecule has 2 atom stereocenters. The molecule has 1 aromatic carbocycles. The van der Waals surface area contributed by atoms with E-state index in [0.717, 1.165) is 42.3 Å². The topological polar surface area (TPSA) is 70.9 Å². The van der Waals surface area contributed by atoms with Crippen molar-refractivity contribution in [2.45, 2.75) is 38.1 Å². The van der Waals surface area contributed by atoms with Crippen molar-refractivity contribution in [3.05, 3.63) is 30.5 Å². The number of fused-ring (bicyclic) bond motifs is 1. The van der Waals surface area contributed by atoms with Gasteiger partial charge in [-0.3, -0.25) is 4.79 Å². The number of rotatable bonds is 2. The highest BCUT2D eigenvalue weighted by Gasteiger charge is 2.26.